The number of benzene rings is 2. The summed E-state index contributed by atoms with van der Waals surface area (Å²) in [6.07, 6.45) is 1.57. The number of aromatic nitrogens is 2. The molecule has 0 saturated carbocycles. The molecule has 0 aliphatic rings. The van der Waals surface area contributed by atoms with Crippen molar-refractivity contribution in [2.75, 3.05) is 0 Å². The molecule has 0 amide bonds. The van der Waals surface area contributed by atoms with Gasteiger partial charge in [0.15, 0.2) is 5.76 Å². The fraction of sp³-hybridized carbons (Fsp3) is 0.0500. The second-order valence-corrected chi connectivity index (χ2v) is 6.42. The molecule has 4 rings (SSSR count). The molecule has 0 spiro atoms. The molecule has 0 aliphatic carbocycles. The molecule has 2 aromatic carbocycles. The zero-order chi connectivity index (χ0) is 17.8. The summed E-state index contributed by atoms with van der Waals surface area (Å²) in [7, 11) is 0. The van der Waals surface area contributed by atoms with Crippen LogP contribution in [0.5, 0.6) is 0 Å². The maximum Gasteiger partial charge on any atom is 0.284 e. The maximum absolute atomic E-state index is 9.23. The lowest BCUT2D eigenvalue weighted by atomic mass is 10.00. The molecule has 2 heterocycles. The average molecular weight is 359 g/mol. The maximum atomic E-state index is 9.23. The SMILES string of the molecule is N#Cc1ccccc1-c1ccc(CSc2nnc(-c3ccco3)o2)cc1. The molecular formula is C20H13N3O2S. The van der Waals surface area contributed by atoms with Gasteiger partial charge in [0.05, 0.1) is 17.9 Å². The highest BCUT2D eigenvalue weighted by atomic mass is 32.2. The predicted octanol–water partition coefficient (Wildman–Crippen LogP) is 5.16. The zero-order valence-corrected chi connectivity index (χ0v) is 14.4. The second-order valence-electron chi connectivity index (χ2n) is 5.49. The molecule has 0 bridgehead atoms. The minimum absolute atomic E-state index is 0.376. The average Bonchev–Trinajstić information content (AvgIpc) is 3.38. The Morgan fingerprint density at radius 2 is 1.81 bits per heavy atom. The molecule has 4 aromatic rings. The third-order valence-electron chi connectivity index (χ3n) is 3.81. The minimum Gasteiger partial charge on any atom is -0.459 e. The Kier molecular flexibility index (Phi) is 4.54. The van der Waals surface area contributed by atoms with Crippen LogP contribution in [0.1, 0.15) is 11.1 Å². The first kappa shape index (κ1) is 16.2. The van der Waals surface area contributed by atoms with Crippen molar-refractivity contribution in [1.29, 1.82) is 5.26 Å². The summed E-state index contributed by atoms with van der Waals surface area (Å²) in [5.41, 5.74) is 3.76. The topological polar surface area (TPSA) is 75.8 Å². The summed E-state index contributed by atoms with van der Waals surface area (Å²) in [4.78, 5) is 0. The van der Waals surface area contributed by atoms with E-state index in [-0.39, 0.29) is 0 Å². The van der Waals surface area contributed by atoms with Crippen LogP contribution in [0.2, 0.25) is 0 Å². The Morgan fingerprint density at radius 3 is 2.58 bits per heavy atom. The Labute approximate surface area is 154 Å². The lowest BCUT2D eigenvalue weighted by molar-refractivity contribution is 0.447. The third-order valence-corrected chi connectivity index (χ3v) is 4.70. The van der Waals surface area contributed by atoms with Gasteiger partial charge in [0.1, 0.15) is 0 Å². The number of thioether (sulfide) groups is 1. The number of hydrogen-bond acceptors (Lipinski definition) is 6. The highest BCUT2D eigenvalue weighted by molar-refractivity contribution is 7.98. The Hall–Kier alpha value is -3.30. The number of nitriles is 1. The van der Waals surface area contributed by atoms with Crippen molar-refractivity contribution in [2.45, 2.75) is 11.0 Å². The summed E-state index contributed by atoms with van der Waals surface area (Å²) in [6, 6.07) is 21.5. The summed E-state index contributed by atoms with van der Waals surface area (Å²) in [6.45, 7) is 0. The molecule has 26 heavy (non-hydrogen) atoms. The summed E-state index contributed by atoms with van der Waals surface area (Å²) in [5, 5.41) is 17.7. The Bertz CT molecular complexity index is 1050. The molecule has 0 unspecified atom stereocenters. The van der Waals surface area contributed by atoms with Gasteiger partial charge in [0.25, 0.3) is 11.1 Å². The van der Waals surface area contributed by atoms with Crippen LogP contribution in [0.25, 0.3) is 22.8 Å². The third kappa shape index (κ3) is 3.39. The fourth-order valence-corrected chi connectivity index (χ4v) is 3.24. The smallest absolute Gasteiger partial charge is 0.284 e. The first-order valence-corrected chi connectivity index (χ1v) is 8.90. The van der Waals surface area contributed by atoms with Gasteiger partial charge in [-0.05, 0) is 34.9 Å². The molecule has 0 radical (unpaired) electrons. The van der Waals surface area contributed by atoms with Gasteiger partial charge in [-0.3, -0.25) is 0 Å². The van der Waals surface area contributed by atoms with E-state index >= 15 is 0 Å². The van der Waals surface area contributed by atoms with Crippen LogP contribution in [0.3, 0.4) is 0 Å². The number of rotatable bonds is 5. The van der Waals surface area contributed by atoms with Crippen LogP contribution < -0.4 is 0 Å². The molecule has 6 heteroatoms. The molecule has 126 valence electrons. The van der Waals surface area contributed by atoms with E-state index in [2.05, 4.69) is 16.3 Å². The van der Waals surface area contributed by atoms with Crippen molar-refractivity contribution in [3.63, 3.8) is 0 Å². The van der Waals surface area contributed by atoms with Gasteiger partial charge in [-0.15, -0.1) is 10.2 Å². The van der Waals surface area contributed by atoms with Gasteiger partial charge in [-0.1, -0.05) is 54.2 Å². The van der Waals surface area contributed by atoms with Gasteiger partial charge < -0.3 is 8.83 Å². The quantitative estimate of drug-likeness (QED) is 0.458. The lowest BCUT2D eigenvalue weighted by Crippen LogP contribution is -1.85. The van der Waals surface area contributed by atoms with E-state index in [4.69, 9.17) is 8.83 Å². The van der Waals surface area contributed by atoms with Crippen molar-refractivity contribution in [2.24, 2.45) is 0 Å². The Balaban J connectivity index is 1.44. The second kappa shape index (κ2) is 7.30. The van der Waals surface area contributed by atoms with Crippen LogP contribution in [-0.2, 0) is 5.75 Å². The molecule has 0 atom stereocenters. The molecule has 0 fully saturated rings. The van der Waals surface area contributed by atoms with Gasteiger partial charge in [-0.25, -0.2) is 0 Å². The molecule has 0 N–H and O–H groups in total. The molecule has 0 aliphatic heterocycles. The van der Waals surface area contributed by atoms with Gasteiger partial charge >= 0.3 is 0 Å². The van der Waals surface area contributed by atoms with Crippen LogP contribution >= 0.6 is 11.8 Å². The van der Waals surface area contributed by atoms with Crippen molar-refractivity contribution in [1.82, 2.24) is 10.2 Å². The van der Waals surface area contributed by atoms with E-state index < -0.39 is 0 Å². The van der Waals surface area contributed by atoms with Crippen molar-refractivity contribution in [3.05, 3.63) is 78.1 Å². The highest BCUT2D eigenvalue weighted by Crippen LogP contribution is 2.28. The van der Waals surface area contributed by atoms with Crippen molar-refractivity contribution >= 4 is 11.8 Å². The van der Waals surface area contributed by atoms with E-state index in [1.165, 1.54) is 11.8 Å². The fourth-order valence-electron chi connectivity index (χ4n) is 2.53. The zero-order valence-electron chi connectivity index (χ0n) is 13.6. The molecule has 2 aromatic heterocycles. The van der Waals surface area contributed by atoms with Crippen molar-refractivity contribution in [3.8, 4) is 28.8 Å². The van der Waals surface area contributed by atoms with Gasteiger partial charge in [-0.2, -0.15) is 5.26 Å². The van der Waals surface area contributed by atoms with Crippen LogP contribution in [0, 0.1) is 11.3 Å². The van der Waals surface area contributed by atoms with Gasteiger partial charge in [0, 0.05) is 5.75 Å². The van der Waals surface area contributed by atoms with E-state index in [0.29, 0.717) is 28.2 Å². The van der Waals surface area contributed by atoms with E-state index in [9.17, 15) is 5.26 Å². The summed E-state index contributed by atoms with van der Waals surface area (Å²) in [5.74, 6) is 1.64. The normalized spacial score (nSPS) is 10.6. The van der Waals surface area contributed by atoms with Gasteiger partial charge in [0.2, 0.25) is 0 Å². The van der Waals surface area contributed by atoms with Crippen LogP contribution in [0.4, 0.5) is 0 Å². The van der Waals surface area contributed by atoms with E-state index in [1.54, 1.807) is 18.4 Å². The van der Waals surface area contributed by atoms with E-state index in [1.807, 2.05) is 48.5 Å². The van der Waals surface area contributed by atoms with E-state index in [0.717, 1.165) is 16.7 Å². The standard InChI is InChI=1S/C20H13N3O2S/c21-12-16-4-1-2-5-17(16)15-9-7-14(8-10-15)13-26-20-23-22-19(25-20)18-6-3-11-24-18/h1-11H,13H2. The molecule has 5 nitrogen and oxygen atoms in total. The highest BCUT2D eigenvalue weighted by Gasteiger charge is 2.11. The number of furan rings is 1. The van der Waals surface area contributed by atoms with Crippen LogP contribution in [-0.4, -0.2) is 10.2 Å². The van der Waals surface area contributed by atoms with Crippen LogP contribution in [0.15, 0.2) is 81.0 Å². The van der Waals surface area contributed by atoms with Crippen molar-refractivity contribution < 1.29 is 8.83 Å². The minimum atomic E-state index is 0.376. The first-order chi connectivity index (χ1) is 12.8. The molecule has 0 saturated heterocycles. The first-order valence-electron chi connectivity index (χ1n) is 7.92. The largest absolute Gasteiger partial charge is 0.459 e. The summed E-state index contributed by atoms with van der Waals surface area (Å²) >= 11 is 1.47. The lowest BCUT2D eigenvalue weighted by Gasteiger charge is -2.05. The Morgan fingerprint density at radius 1 is 0.962 bits per heavy atom. The number of nitrogens with zero attached hydrogens (tertiary/aromatic N) is 3. The predicted molar refractivity (Wildman–Crippen MR) is 98.2 cm³/mol. The summed E-state index contributed by atoms with van der Waals surface area (Å²) < 4.78 is 10.8. The monoisotopic (exact) mass is 359 g/mol. The number of hydrogen-bond donors (Lipinski definition) is 0. The molecular weight excluding hydrogens is 346 g/mol.